The molecule has 1 aliphatic rings. The zero-order valence-corrected chi connectivity index (χ0v) is 9.70. The number of nitrogens with zero attached hydrogens (tertiary/aromatic N) is 2. The SMILES string of the molecule is Nc1cc(N2CCC(F)(F)CC2)c2ncoc2c1. The summed E-state index contributed by atoms with van der Waals surface area (Å²) in [6, 6.07) is 3.44. The van der Waals surface area contributed by atoms with Crippen LogP contribution >= 0.6 is 0 Å². The van der Waals surface area contributed by atoms with Crippen molar-refractivity contribution in [1.29, 1.82) is 0 Å². The number of anilines is 2. The van der Waals surface area contributed by atoms with Gasteiger partial charge >= 0.3 is 0 Å². The molecule has 0 amide bonds. The van der Waals surface area contributed by atoms with E-state index in [2.05, 4.69) is 4.98 Å². The Hall–Kier alpha value is -1.85. The number of nitrogens with two attached hydrogens (primary N) is 1. The molecule has 2 heterocycles. The number of nitrogen functional groups attached to an aromatic ring is 1. The van der Waals surface area contributed by atoms with Gasteiger partial charge in [0.1, 0.15) is 5.52 Å². The van der Waals surface area contributed by atoms with Crippen molar-refractivity contribution in [2.45, 2.75) is 18.8 Å². The molecule has 3 rings (SSSR count). The molecule has 2 aromatic rings. The lowest BCUT2D eigenvalue weighted by atomic mass is 10.1. The van der Waals surface area contributed by atoms with Crippen LogP contribution < -0.4 is 10.6 Å². The average Bonchev–Trinajstić information content (AvgIpc) is 2.76. The van der Waals surface area contributed by atoms with Crippen LogP contribution in [0.4, 0.5) is 20.2 Å². The Balaban J connectivity index is 1.97. The lowest BCUT2D eigenvalue weighted by molar-refractivity contribution is -0.0220. The van der Waals surface area contributed by atoms with Crippen LogP contribution in [0, 0.1) is 0 Å². The van der Waals surface area contributed by atoms with Crippen LogP contribution in [0.15, 0.2) is 22.9 Å². The third kappa shape index (κ3) is 1.87. The number of hydrogen-bond donors (Lipinski definition) is 1. The summed E-state index contributed by atoms with van der Waals surface area (Å²) in [6.07, 6.45) is 1.06. The summed E-state index contributed by atoms with van der Waals surface area (Å²) in [6.45, 7) is 0.608. The number of rotatable bonds is 1. The van der Waals surface area contributed by atoms with Gasteiger partial charge in [-0.15, -0.1) is 0 Å². The fraction of sp³-hybridized carbons (Fsp3) is 0.417. The van der Waals surface area contributed by atoms with Gasteiger partial charge in [-0.2, -0.15) is 0 Å². The van der Waals surface area contributed by atoms with Gasteiger partial charge in [-0.1, -0.05) is 0 Å². The highest BCUT2D eigenvalue weighted by molar-refractivity contribution is 5.90. The Labute approximate surface area is 102 Å². The molecule has 0 unspecified atom stereocenters. The van der Waals surface area contributed by atoms with E-state index >= 15 is 0 Å². The van der Waals surface area contributed by atoms with E-state index in [0.29, 0.717) is 29.9 Å². The van der Waals surface area contributed by atoms with E-state index in [0.717, 1.165) is 5.69 Å². The molecule has 1 saturated heterocycles. The Bertz CT molecular complexity index is 572. The van der Waals surface area contributed by atoms with Crippen molar-refractivity contribution in [3.8, 4) is 0 Å². The summed E-state index contributed by atoms with van der Waals surface area (Å²) in [5.41, 5.74) is 8.36. The first-order valence-corrected chi connectivity index (χ1v) is 5.81. The fourth-order valence-electron chi connectivity index (χ4n) is 2.29. The summed E-state index contributed by atoms with van der Waals surface area (Å²) < 4.78 is 31.5. The number of fused-ring (bicyclic) bond motifs is 1. The number of halogens is 2. The third-order valence-electron chi connectivity index (χ3n) is 3.27. The minimum atomic E-state index is -2.56. The van der Waals surface area contributed by atoms with Gasteiger partial charge < -0.3 is 15.1 Å². The van der Waals surface area contributed by atoms with Gasteiger partial charge in [0, 0.05) is 37.7 Å². The predicted molar refractivity (Wildman–Crippen MR) is 64.8 cm³/mol. The summed E-state index contributed by atoms with van der Waals surface area (Å²) in [7, 11) is 0. The standard InChI is InChI=1S/C12H13F2N3O/c13-12(14)1-3-17(4-2-12)9-5-8(15)6-10-11(9)16-7-18-10/h5-7H,1-4,15H2. The highest BCUT2D eigenvalue weighted by Gasteiger charge is 2.34. The predicted octanol–water partition coefficient (Wildman–Crippen LogP) is 2.65. The molecule has 0 aliphatic carbocycles. The second kappa shape index (κ2) is 3.83. The van der Waals surface area contributed by atoms with Gasteiger partial charge in [-0.05, 0) is 6.07 Å². The number of alkyl halides is 2. The first kappa shape index (κ1) is 11.3. The zero-order chi connectivity index (χ0) is 12.8. The van der Waals surface area contributed by atoms with Crippen LogP contribution in [-0.2, 0) is 0 Å². The average molecular weight is 253 g/mol. The Morgan fingerprint density at radius 1 is 1.28 bits per heavy atom. The molecule has 0 spiro atoms. The number of aromatic nitrogens is 1. The van der Waals surface area contributed by atoms with Crippen LogP contribution in [0.25, 0.3) is 11.1 Å². The quantitative estimate of drug-likeness (QED) is 0.794. The van der Waals surface area contributed by atoms with Crippen LogP contribution in [-0.4, -0.2) is 24.0 Å². The maximum Gasteiger partial charge on any atom is 0.251 e. The van der Waals surface area contributed by atoms with Gasteiger partial charge in [0.05, 0.1) is 5.69 Å². The third-order valence-corrected chi connectivity index (χ3v) is 3.27. The second-order valence-corrected chi connectivity index (χ2v) is 4.58. The van der Waals surface area contributed by atoms with Gasteiger partial charge in [-0.3, -0.25) is 0 Å². The second-order valence-electron chi connectivity index (χ2n) is 4.58. The first-order valence-electron chi connectivity index (χ1n) is 5.81. The van der Waals surface area contributed by atoms with Crippen molar-refractivity contribution >= 4 is 22.5 Å². The number of hydrogen-bond acceptors (Lipinski definition) is 4. The van der Waals surface area contributed by atoms with Crippen LogP contribution in [0.5, 0.6) is 0 Å². The van der Waals surface area contributed by atoms with Crippen molar-refractivity contribution < 1.29 is 13.2 Å². The van der Waals surface area contributed by atoms with Crippen LogP contribution in [0.2, 0.25) is 0 Å². The topological polar surface area (TPSA) is 55.3 Å². The summed E-state index contributed by atoms with van der Waals surface area (Å²) in [4.78, 5) is 6.01. The van der Waals surface area contributed by atoms with Crippen molar-refractivity contribution in [1.82, 2.24) is 4.98 Å². The van der Waals surface area contributed by atoms with E-state index in [4.69, 9.17) is 10.2 Å². The Morgan fingerprint density at radius 3 is 2.72 bits per heavy atom. The minimum Gasteiger partial charge on any atom is -0.443 e. The van der Waals surface area contributed by atoms with E-state index in [-0.39, 0.29) is 12.8 Å². The lowest BCUT2D eigenvalue weighted by Crippen LogP contribution is -2.39. The Kier molecular flexibility index (Phi) is 2.39. The molecule has 1 aliphatic heterocycles. The zero-order valence-electron chi connectivity index (χ0n) is 9.70. The van der Waals surface area contributed by atoms with E-state index in [1.807, 2.05) is 4.90 Å². The number of oxazole rings is 1. The summed E-state index contributed by atoms with van der Waals surface area (Å²) >= 11 is 0. The molecule has 18 heavy (non-hydrogen) atoms. The smallest absolute Gasteiger partial charge is 0.251 e. The maximum atomic E-state index is 13.1. The molecule has 96 valence electrons. The molecule has 0 saturated carbocycles. The van der Waals surface area contributed by atoms with Crippen molar-refractivity contribution in [3.63, 3.8) is 0 Å². The molecule has 1 aromatic heterocycles. The first-order chi connectivity index (χ1) is 8.55. The van der Waals surface area contributed by atoms with E-state index < -0.39 is 5.92 Å². The van der Waals surface area contributed by atoms with Gasteiger partial charge in [0.2, 0.25) is 0 Å². The fourth-order valence-corrected chi connectivity index (χ4v) is 2.29. The molecule has 2 N–H and O–H groups in total. The van der Waals surface area contributed by atoms with E-state index in [1.54, 1.807) is 12.1 Å². The molecule has 4 nitrogen and oxygen atoms in total. The molecule has 0 atom stereocenters. The molecule has 0 bridgehead atoms. The summed E-state index contributed by atoms with van der Waals surface area (Å²) in [5, 5.41) is 0. The van der Waals surface area contributed by atoms with Crippen molar-refractivity contribution in [3.05, 3.63) is 18.5 Å². The van der Waals surface area contributed by atoms with Crippen molar-refractivity contribution in [2.75, 3.05) is 23.7 Å². The van der Waals surface area contributed by atoms with E-state index in [9.17, 15) is 8.78 Å². The van der Waals surface area contributed by atoms with Gasteiger partial charge in [-0.25, -0.2) is 13.8 Å². The highest BCUT2D eigenvalue weighted by Crippen LogP contribution is 2.34. The number of benzene rings is 1. The lowest BCUT2D eigenvalue weighted by Gasteiger charge is -2.33. The molecular formula is C12H13F2N3O. The normalized spacial score (nSPS) is 19.3. The summed E-state index contributed by atoms with van der Waals surface area (Å²) in [5.74, 6) is -2.56. The minimum absolute atomic E-state index is 0.138. The highest BCUT2D eigenvalue weighted by atomic mass is 19.3. The molecule has 0 radical (unpaired) electrons. The molecule has 6 heteroatoms. The molecule has 1 fully saturated rings. The molecule has 1 aromatic carbocycles. The molecular weight excluding hydrogens is 240 g/mol. The van der Waals surface area contributed by atoms with Crippen LogP contribution in [0.3, 0.4) is 0 Å². The maximum absolute atomic E-state index is 13.1. The monoisotopic (exact) mass is 253 g/mol. The van der Waals surface area contributed by atoms with Crippen LogP contribution in [0.1, 0.15) is 12.8 Å². The Morgan fingerprint density at radius 2 is 2.00 bits per heavy atom. The van der Waals surface area contributed by atoms with E-state index in [1.165, 1.54) is 6.39 Å². The van der Waals surface area contributed by atoms with Gasteiger partial charge in [0.15, 0.2) is 12.0 Å². The number of piperidine rings is 1. The largest absolute Gasteiger partial charge is 0.443 e. The van der Waals surface area contributed by atoms with Crippen molar-refractivity contribution in [2.24, 2.45) is 0 Å². The van der Waals surface area contributed by atoms with Gasteiger partial charge in [0.25, 0.3) is 5.92 Å².